The molecule has 0 saturated carbocycles. The maximum atomic E-state index is 11.2. The molecule has 1 aromatic rings. The lowest BCUT2D eigenvalue weighted by molar-refractivity contribution is 0.588. The standard InChI is InChI=1S/C8H14BrN5O2S/c1-10-8-13-5-6(9)7(14-8)12-3-4-17(15,16)11-2/h5,11H,3-4H2,1-2H3,(H2,10,12,13,14). The van der Waals surface area contributed by atoms with Gasteiger partial charge < -0.3 is 10.6 Å². The van der Waals surface area contributed by atoms with Gasteiger partial charge in [0.15, 0.2) is 0 Å². The molecule has 0 saturated heterocycles. The SMILES string of the molecule is CNc1ncc(Br)c(NCCS(=O)(=O)NC)n1. The van der Waals surface area contributed by atoms with E-state index >= 15 is 0 Å². The zero-order valence-electron chi connectivity index (χ0n) is 9.49. The number of hydrogen-bond donors (Lipinski definition) is 3. The average molecular weight is 324 g/mol. The van der Waals surface area contributed by atoms with Gasteiger partial charge >= 0.3 is 0 Å². The molecule has 0 aromatic carbocycles. The Kier molecular flexibility index (Phi) is 5.09. The second-order valence-electron chi connectivity index (χ2n) is 3.09. The lowest BCUT2D eigenvalue weighted by Gasteiger charge is -2.08. The average Bonchev–Trinajstić information content (AvgIpc) is 2.31. The minimum Gasteiger partial charge on any atom is -0.368 e. The highest BCUT2D eigenvalue weighted by atomic mass is 79.9. The largest absolute Gasteiger partial charge is 0.368 e. The van der Waals surface area contributed by atoms with Crippen LogP contribution in [-0.2, 0) is 10.0 Å². The first kappa shape index (κ1) is 14.1. The van der Waals surface area contributed by atoms with Crippen LogP contribution in [0, 0.1) is 0 Å². The monoisotopic (exact) mass is 323 g/mol. The van der Waals surface area contributed by atoms with Crippen molar-refractivity contribution in [3.05, 3.63) is 10.7 Å². The lowest BCUT2D eigenvalue weighted by Crippen LogP contribution is -2.26. The predicted molar refractivity (Wildman–Crippen MR) is 70.6 cm³/mol. The van der Waals surface area contributed by atoms with Crippen LogP contribution in [-0.4, -0.2) is 44.8 Å². The van der Waals surface area contributed by atoms with Crippen molar-refractivity contribution in [1.29, 1.82) is 0 Å². The quantitative estimate of drug-likeness (QED) is 0.694. The summed E-state index contributed by atoms with van der Waals surface area (Å²) in [4.78, 5) is 8.13. The van der Waals surface area contributed by atoms with Gasteiger partial charge in [0, 0.05) is 19.8 Å². The van der Waals surface area contributed by atoms with Gasteiger partial charge in [-0.25, -0.2) is 18.1 Å². The molecule has 9 heteroatoms. The predicted octanol–water partition coefficient (Wildman–Crippen LogP) is 0.242. The lowest BCUT2D eigenvalue weighted by atomic mass is 10.5. The molecule has 0 amide bonds. The van der Waals surface area contributed by atoms with Gasteiger partial charge in [0.1, 0.15) is 5.82 Å². The van der Waals surface area contributed by atoms with Crippen molar-refractivity contribution in [2.75, 3.05) is 37.0 Å². The van der Waals surface area contributed by atoms with Crippen LogP contribution in [0.3, 0.4) is 0 Å². The molecule has 0 atom stereocenters. The number of nitrogens with one attached hydrogen (secondary N) is 3. The molecule has 0 aliphatic carbocycles. The number of sulfonamides is 1. The Morgan fingerprint density at radius 2 is 2.12 bits per heavy atom. The second kappa shape index (κ2) is 6.12. The summed E-state index contributed by atoms with van der Waals surface area (Å²) >= 11 is 3.28. The van der Waals surface area contributed by atoms with E-state index in [1.54, 1.807) is 13.2 Å². The summed E-state index contributed by atoms with van der Waals surface area (Å²) < 4.78 is 25.3. The summed E-state index contributed by atoms with van der Waals surface area (Å²) in [5.41, 5.74) is 0. The highest BCUT2D eigenvalue weighted by molar-refractivity contribution is 9.10. The zero-order valence-corrected chi connectivity index (χ0v) is 11.9. The van der Waals surface area contributed by atoms with E-state index in [4.69, 9.17) is 0 Å². The smallest absolute Gasteiger partial charge is 0.224 e. The van der Waals surface area contributed by atoms with E-state index in [0.717, 1.165) is 0 Å². The van der Waals surface area contributed by atoms with Crippen LogP contribution in [0.15, 0.2) is 10.7 Å². The number of hydrogen-bond acceptors (Lipinski definition) is 6. The number of nitrogens with zero attached hydrogens (tertiary/aromatic N) is 2. The molecule has 0 aliphatic rings. The molecule has 7 nitrogen and oxygen atoms in total. The van der Waals surface area contributed by atoms with E-state index < -0.39 is 10.0 Å². The Balaban J connectivity index is 2.63. The molecule has 0 bridgehead atoms. The molecule has 1 heterocycles. The first-order valence-corrected chi connectivity index (χ1v) is 7.28. The molecule has 0 spiro atoms. The maximum absolute atomic E-state index is 11.2. The number of halogens is 1. The van der Waals surface area contributed by atoms with Crippen LogP contribution in [0.5, 0.6) is 0 Å². The van der Waals surface area contributed by atoms with Crippen molar-refractivity contribution in [3.63, 3.8) is 0 Å². The summed E-state index contributed by atoms with van der Waals surface area (Å²) in [6, 6.07) is 0. The van der Waals surface area contributed by atoms with Gasteiger partial charge in [-0.05, 0) is 23.0 Å². The van der Waals surface area contributed by atoms with E-state index in [1.807, 2.05) is 0 Å². The first-order chi connectivity index (χ1) is 7.98. The van der Waals surface area contributed by atoms with Crippen LogP contribution >= 0.6 is 15.9 Å². The van der Waals surface area contributed by atoms with Gasteiger partial charge in [0.25, 0.3) is 0 Å². The Morgan fingerprint density at radius 3 is 2.71 bits per heavy atom. The van der Waals surface area contributed by atoms with E-state index in [-0.39, 0.29) is 12.3 Å². The van der Waals surface area contributed by atoms with Gasteiger partial charge in [-0.1, -0.05) is 0 Å². The second-order valence-corrected chi connectivity index (χ2v) is 5.99. The number of aromatic nitrogens is 2. The Morgan fingerprint density at radius 1 is 1.41 bits per heavy atom. The highest BCUT2D eigenvalue weighted by Gasteiger charge is 2.08. The Labute approximate surface area is 109 Å². The minimum atomic E-state index is -3.21. The summed E-state index contributed by atoms with van der Waals surface area (Å²) in [5, 5.41) is 5.72. The summed E-state index contributed by atoms with van der Waals surface area (Å²) in [7, 11) is -0.114. The molecular formula is C8H14BrN5O2S. The minimum absolute atomic E-state index is 0.0190. The highest BCUT2D eigenvalue weighted by Crippen LogP contribution is 2.19. The van der Waals surface area contributed by atoms with E-state index in [9.17, 15) is 8.42 Å². The van der Waals surface area contributed by atoms with E-state index in [2.05, 4.69) is 41.3 Å². The van der Waals surface area contributed by atoms with Gasteiger partial charge in [0.05, 0.1) is 10.2 Å². The van der Waals surface area contributed by atoms with Gasteiger partial charge in [0.2, 0.25) is 16.0 Å². The van der Waals surface area contributed by atoms with Gasteiger partial charge in [-0.15, -0.1) is 0 Å². The maximum Gasteiger partial charge on any atom is 0.224 e. The molecule has 1 rings (SSSR count). The van der Waals surface area contributed by atoms with E-state index in [0.29, 0.717) is 16.2 Å². The Bertz CT molecular complexity index is 479. The molecular weight excluding hydrogens is 310 g/mol. The fraction of sp³-hybridized carbons (Fsp3) is 0.500. The first-order valence-electron chi connectivity index (χ1n) is 4.84. The number of rotatable bonds is 6. The van der Waals surface area contributed by atoms with Crippen molar-refractivity contribution >= 4 is 37.7 Å². The molecule has 3 N–H and O–H groups in total. The van der Waals surface area contributed by atoms with Crippen LogP contribution in [0.1, 0.15) is 0 Å². The third-order valence-corrected chi connectivity index (χ3v) is 3.89. The van der Waals surface area contributed by atoms with Crippen LogP contribution in [0.2, 0.25) is 0 Å². The molecule has 0 fully saturated rings. The van der Waals surface area contributed by atoms with Crippen LogP contribution < -0.4 is 15.4 Å². The van der Waals surface area contributed by atoms with Crippen LogP contribution in [0.4, 0.5) is 11.8 Å². The van der Waals surface area contributed by atoms with Crippen molar-refractivity contribution in [1.82, 2.24) is 14.7 Å². The Hall–Kier alpha value is -0.930. The molecule has 17 heavy (non-hydrogen) atoms. The van der Waals surface area contributed by atoms with Crippen molar-refractivity contribution in [2.45, 2.75) is 0 Å². The number of anilines is 2. The summed E-state index contributed by atoms with van der Waals surface area (Å²) in [6.07, 6.45) is 1.59. The van der Waals surface area contributed by atoms with Crippen LogP contribution in [0.25, 0.3) is 0 Å². The third-order valence-electron chi connectivity index (χ3n) is 1.94. The fourth-order valence-corrected chi connectivity index (χ4v) is 1.92. The molecule has 1 aromatic heterocycles. The fourth-order valence-electron chi connectivity index (χ4n) is 1.02. The normalized spacial score (nSPS) is 11.2. The van der Waals surface area contributed by atoms with Crippen molar-refractivity contribution in [2.24, 2.45) is 0 Å². The van der Waals surface area contributed by atoms with Gasteiger partial charge in [-0.2, -0.15) is 4.98 Å². The molecule has 0 unspecified atom stereocenters. The third kappa shape index (κ3) is 4.44. The zero-order chi connectivity index (χ0) is 12.9. The van der Waals surface area contributed by atoms with E-state index in [1.165, 1.54) is 7.05 Å². The van der Waals surface area contributed by atoms with Gasteiger partial charge in [-0.3, -0.25) is 0 Å². The van der Waals surface area contributed by atoms with Crippen molar-refractivity contribution in [3.8, 4) is 0 Å². The topological polar surface area (TPSA) is 96.0 Å². The summed E-state index contributed by atoms with van der Waals surface area (Å²) in [5.74, 6) is 0.997. The summed E-state index contributed by atoms with van der Waals surface area (Å²) in [6.45, 7) is 0.266. The molecule has 0 aliphatic heterocycles. The van der Waals surface area contributed by atoms with Crippen molar-refractivity contribution < 1.29 is 8.42 Å². The molecule has 0 radical (unpaired) electrons. The molecule has 96 valence electrons.